The van der Waals surface area contributed by atoms with Gasteiger partial charge in [0.2, 0.25) is 0 Å². The fourth-order valence-corrected chi connectivity index (χ4v) is 4.71. The molecule has 206 valence electrons. The van der Waals surface area contributed by atoms with E-state index in [-0.39, 0.29) is 59.4 Å². The maximum Gasteiger partial charge on any atom is 0.410 e. The summed E-state index contributed by atoms with van der Waals surface area (Å²) in [4.78, 5) is 38.3. The summed E-state index contributed by atoms with van der Waals surface area (Å²) in [5.74, 6) is -0.362. The average Bonchev–Trinajstić information content (AvgIpc) is 2.87. The Hall–Kier alpha value is -3.96. The third kappa shape index (κ3) is 5.74. The molecule has 1 aliphatic rings. The van der Waals surface area contributed by atoms with Gasteiger partial charge < -0.3 is 23.8 Å². The first kappa shape index (κ1) is 28.1. The van der Waals surface area contributed by atoms with E-state index in [0.29, 0.717) is 0 Å². The Kier molecular flexibility index (Phi) is 7.94. The van der Waals surface area contributed by atoms with Crippen molar-refractivity contribution in [3.8, 4) is 17.5 Å². The molecule has 1 saturated heterocycles. The summed E-state index contributed by atoms with van der Waals surface area (Å²) in [5, 5.41) is 13.8. The van der Waals surface area contributed by atoms with Crippen LogP contribution in [0.4, 0.5) is 15.0 Å². The van der Waals surface area contributed by atoms with Crippen LogP contribution in [0, 0.1) is 17.1 Å². The summed E-state index contributed by atoms with van der Waals surface area (Å²) in [6.45, 7) is 5.98. The fraction of sp³-hybridized carbons (Fsp3) is 0.440. The number of methoxy groups -OCH3 is 1. The van der Waals surface area contributed by atoms with Crippen molar-refractivity contribution in [1.82, 2.24) is 24.6 Å². The van der Waals surface area contributed by atoms with E-state index >= 15 is 0 Å². The smallest absolute Gasteiger partial charge is 0.410 e. The highest BCUT2D eigenvalue weighted by atomic mass is 32.2. The van der Waals surface area contributed by atoms with Gasteiger partial charge in [0, 0.05) is 30.8 Å². The molecule has 1 aliphatic heterocycles. The van der Waals surface area contributed by atoms with Crippen molar-refractivity contribution in [3.05, 3.63) is 40.6 Å². The second-order valence-electron chi connectivity index (χ2n) is 9.83. The number of rotatable bonds is 5. The number of halogens is 1. The van der Waals surface area contributed by atoms with E-state index in [4.69, 9.17) is 9.47 Å². The van der Waals surface area contributed by atoms with Crippen LogP contribution in [0.1, 0.15) is 27.2 Å². The molecule has 0 saturated carbocycles. The zero-order valence-electron chi connectivity index (χ0n) is 22.2. The number of hydrogen-bond acceptors (Lipinski definition) is 10. The van der Waals surface area contributed by atoms with Crippen LogP contribution in [-0.4, -0.2) is 79.9 Å². The minimum atomic E-state index is -1.66. The van der Waals surface area contributed by atoms with Crippen molar-refractivity contribution in [2.45, 2.75) is 44.0 Å². The Labute approximate surface area is 227 Å². The van der Waals surface area contributed by atoms with Crippen molar-refractivity contribution in [2.75, 3.05) is 37.9 Å². The molecule has 39 heavy (non-hydrogen) atoms. The first-order chi connectivity index (χ1) is 18.4. The van der Waals surface area contributed by atoms with Gasteiger partial charge in [0.05, 0.1) is 37.2 Å². The second-order valence-corrected chi connectivity index (χ2v) is 11.1. The molecule has 14 heteroatoms. The highest BCUT2D eigenvalue weighted by molar-refractivity contribution is 7.90. The van der Waals surface area contributed by atoms with Gasteiger partial charge in [-0.05, 0) is 32.9 Å². The molecule has 12 nitrogen and oxygen atoms in total. The van der Waals surface area contributed by atoms with E-state index in [1.165, 1.54) is 42.7 Å². The number of anilines is 1. The van der Waals surface area contributed by atoms with Crippen LogP contribution in [0.25, 0.3) is 16.6 Å². The van der Waals surface area contributed by atoms with Gasteiger partial charge in [-0.2, -0.15) is 25.0 Å². The van der Waals surface area contributed by atoms with Gasteiger partial charge in [-0.1, -0.05) is 6.07 Å². The molecule has 4 rings (SSSR count). The Morgan fingerprint density at radius 3 is 2.69 bits per heavy atom. The summed E-state index contributed by atoms with van der Waals surface area (Å²) < 4.78 is 38.8. The van der Waals surface area contributed by atoms with Gasteiger partial charge in [-0.15, -0.1) is 0 Å². The molecule has 0 aliphatic carbocycles. The number of benzene rings is 1. The number of nitriles is 1. The lowest BCUT2D eigenvalue weighted by atomic mass is 10.1. The van der Waals surface area contributed by atoms with E-state index in [1.54, 1.807) is 25.7 Å². The molecule has 2 atom stereocenters. The third-order valence-electron chi connectivity index (χ3n) is 5.98. The van der Waals surface area contributed by atoms with E-state index < -0.39 is 40.3 Å². The van der Waals surface area contributed by atoms with Crippen molar-refractivity contribution in [2.24, 2.45) is 0 Å². The second kappa shape index (κ2) is 11.0. The zero-order valence-corrected chi connectivity index (χ0v) is 23.0. The van der Waals surface area contributed by atoms with Crippen LogP contribution >= 0.6 is 0 Å². The summed E-state index contributed by atoms with van der Waals surface area (Å²) in [6, 6.07) is 5.68. The molecule has 1 aromatic carbocycles. The molecule has 2 unspecified atom stereocenters. The summed E-state index contributed by atoms with van der Waals surface area (Å²) >= 11 is -1.66. The number of fused-ring (bicyclic) bond motifs is 1. The standard InChI is InChI=1S/C25H28FN7O5S/c1-25(2,3)38-24(35)32-12-11-31(14-15(32)9-10-27)21-16-13-28-33(20-17(26)7-6-8-18(20)37-4)22(34)19(16)29-23(30-21)39(5)36/h6-8,13,15H,9,11-12,14H2,1-5H3. The Morgan fingerprint density at radius 2 is 2.05 bits per heavy atom. The maximum atomic E-state index is 14.8. The first-order valence-corrected chi connectivity index (χ1v) is 13.6. The maximum absolute atomic E-state index is 14.8. The van der Waals surface area contributed by atoms with Gasteiger partial charge in [0.25, 0.3) is 5.56 Å². The quantitative estimate of drug-likeness (QED) is 0.338. The lowest BCUT2D eigenvalue weighted by Gasteiger charge is -2.41. The van der Waals surface area contributed by atoms with Crippen LogP contribution in [0.2, 0.25) is 0 Å². The first-order valence-electron chi connectivity index (χ1n) is 12.0. The SMILES string of the molecule is COc1cccc(F)c1-n1ncc2c(N3CCN(C(=O)OC(C)(C)C)C(CC#N)C3)nc([S+](C)[O-])nc2c1=O. The molecule has 1 fully saturated rings. The molecule has 1 amide bonds. The number of carbonyl (C=O) groups excluding carboxylic acids is 1. The monoisotopic (exact) mass is 557 g/mol. The molecular formula is C25H28FN7O5S. The van der Waals surface area contributed by atoms with Crippen molar-refractivity contribution in [3.63, 3.8) is 0 Å². The predicted molar refractivity (Wildman–Crippen MR) is 141 cm³/mol. The van der Waals surface area contributed by atoms with Crippen LogP contribution in [0.15, 0.2) is 34.3 Å². The van der Waals surface area contributed by atoms with Crippen LogP contribution < -0.4 is 15.2 Å². The van der Waals surface area contributed by atoms with E-state index in [2.05, 4.69) is 21.1 Å². The largest absolute Gasteiger partial charge is 0.609 e. The minimum Gasteiger partial charge on any atom is -0.609 e. The molecule has 2 aromatic heterocycles. The highest BCUT2D eigenvalue weighted by Gasteiger charge is 2.35. The van der Waals surface area contributed by atoms with Crippen molar-refractivity contribution in [1.29, 1.82) is 5.26 Å². The number of para-hydroxylation sites is 1. The molecule has 0 bridgehead atoms. The number of amides is 1. The third-order valence-corrected chi connectivity index (χ3v) is 6.67. The Bertz CT molecular complexity index is 1500. The van der Waals surface area contributed by atoms with Crippen LogP contribution in [0.5, 0.6) is 5.75 Å². The number of carbonyl (C=O) groups is 1. The number of ether oxygens (including phenoxy) is 2. The van der Waals surface area contributed by atoms with Gasteiger partial charge in [0.15, 0.2) is 5.82 Å². The Morgan fingerprint density at radius 1 is 1.31 bits per heavy atom. The van der Waals surface area contributed by atoms with Gasteiger partial charge in [0.1, 0.15) is 34.6 Å². The number of piperazine rings is 1. The van der Waals surface area contributed by atoms with E-state index in [0.717, 1.165) is 4.68 Å². The minimum absolute atomic E-state index is 0.0312. The number of nitrogens with zero attached hydrogens (tertiary/aromatic N) is 7. The van der Waals surface area contributed by atoms with Crippen molar-refractivity contribution < 1.29 is 23.2 Å². The van der Waals surface area contributed by atoms with Crippen LogP contribution in [-0.2, 0) is 15.9 Å². The topological polar surface area (TPSA) is 150 Å². The van der Waals surface area contributed by atoms with Gasteiger partial charge in [-0.25, -0.2) is 9.18 Å². The summed E-state index contributed by atoms with van der Waals surface area (Å²) in [7, 11) is 1.34. The average molecular weight is 558 g/mol. The normalized spacial score (nSPS) is 16.6. The van der Waals surface area contributed by atoms with Crippen LogP contribution in [0.3, 0.4) is 0 Å². The predicted octanol–water partition coefficient (Wildman–Crippen LogP) is 2.40. The molecule has 0 spiro atoms. The lowest BCUT2D eigenvalue weighted by Crippen LogP contribution is -2.56. The van der Waals surface area contributed by atoms with Crippen molar-refractivity contribution >= 4 is 34.0 Å². The van der Waals surface area contributed by atoms with E-state index in [1.807, 2.05) is 0 Å². The zero-order chi connectivity index (χ0) is 28.5. The number of aromatic nitrogens is 4. The molecule has 0 N–H and O–H groups in total. The van der Waals surface area contributed by atoms with Gasteiger partial charge >= 0.3 is 11.2 Å². The fourth-order valence-electron chi connectivity index (χ4n) is 4.27. The molecule has 0 radical (unpaired) electrons. The molecule has 3 heterocycles. The van der Waals surface area contributed by atoms with E-state index in [9.17, 15) is 23.8 Å². The Balaban J connectivity index is 1.81. The molecular weight excluding hydrogens is 529 g/mol. The lowest BCUT2D eigenvalue weighted by molar-refractivity contribution is 0.0145. The van der Waals surface area contributed by atoms with Gasteiger partial charge in [-0.3, -0.25) is 4.79 Å². The number of hydrogen-bond donors (Lipinski definition) is 0. The molecule has 3 aromatic rings. The highest BCUT2D eigenvalue weighted by Crippen LogP contribution is 2.29. The summed E-state index contributed by atoms with van der Waals surface area (Å²) in [5.41, 5.74) is -1.77. The summed E-state index contributed by atoms with van der Waals surface area (Å²) in [6.07, 6.45) is 2.21.